The summed E-state index contributed by atoms with van der Waals surface area (Å²) in [6.45, 7) is 3.69. The van der Waals surface area contributed by atoms with Crippen LogP contribution in [-0.4, -0.2) is 36.6 Å². The fourth-order valence-electron chi connectivity index (χ4n) is 4.57. The quantitative estimate of drug-likeness (QED) is 0.543. The number of hydrogen-bond donors (Lipinski definition) is 1. The first-order valence-electron chi connectivity index (χ1n) is 10.9. The number of hydrogen-bond acceptors (Lipinski definition) is 3. The number of nitrogens with zero attached hydrogens (tertiary/aromatic N) is 2. The molecular weight excluding hydrogens is 426 g/mol. The summed E-state index contributed by atoms with van der Waals surface area (Å²) in [5.74, 6) is 0. The molecule has 0 aliphatic carbocycles. The molecule has 2 amide bonds. The summed E-state index contributed by atoms with van der Waals surface area (Å²) in [6, 6.07) is 21.2. The molecule has 1 fully saturated rings. The van der Waals surface area contributed by atoms with Crippen LogP contribution in [0.3, 0.4) is 0 Å². The van der Waals surface area contributed by atoms with Crippen molar-refractivity contribution in [2.24, 2.45) is 0 Å². The van der Waals surface area contributed by atoms with Gasteiger partial charge in [0.15, 0.2) is 0 Å². The van der Waals surface area contributed by atoms with Crippen LogP contribution in [0.25, 0.3) is 11.1 Å². The molecule has 2 aliphatic rings. The summed E-state index contributed by atoms with van der Waals surface area (Å²) < 4.78 is 0.846. The molecule has 4 nitrogen and oxygen atoms in total. The summed E-state index contributed by atoms with van der Waals surface area (Å²) in [7, 11) is 0. The van der Waals surface area contributed by atoms with E-state index in [1.165, 1.54) is 21.6 Å². The normalized spacial score (nSPS) is 17.0. The van der Waals surface area contributed by atoms with Crippen molar-refractivity contribution in [2.45, 2.75) is 31.8 Å². The number of carbonyl (C=O) groups is 1. The van der Waals surface area contributed by atoms with Gasteiger partial charge in [-0.1, -0.05) is 48.0 Å². The zero-order valence-corrected chi connectivity index (χ0v) is 19.0. The van der Waals surface area contributed by atoms with E-state index in [2.05, 4.69) is 58.7 Å². The first kappa shape index (κ1) is 20.6. The Labute approximate surface area is 192 Å². The highest BCUT2D eigenvalue weighted by Gasteiger charge is 2.28. The number of amides is 2. The van der Waals surface area contributed by atoms with Crippen LogP contribution in [0.1, 0.15) is 23.3 Å². The molecule has 3 aromatic rings. The molecule has 0 unspecified atom stereocenters. The van der Waals surface area contributed by atoms with Crippen LogP contribution >= 0.6 is 22.9 Å². The van der Waals surface area contributed by atoms with Crippen molar-refractivity contribution in [1.29, 1.82) is 0 Å². The number of benzene rings is 2. The molecule has 31 heavy (non-hydrogen) atoms. The van der Waals surface area contributed by atoms with Crippen molar-refractivity contribution in [2.75, 3.05) is 24.5 Å². The van der Waals surface area contributed by atoms with Crippen LogP contribution in [0.4, 0.5) is 10.5 Å². The van der Waals surface area contributed by atoms with E-state index in [1.54, 1.807) is 11.3 Å². The Balaban J connectivity index is 1.17. The van der Waals surface area contributed by atoms with E-state index in [-0.39, 0.29) is 12.1 Å². The van der Waals surface area contributed by atoms with E-state index in [1.807, 2.05) is 17.0 Å². The SMILES string of the molecule is O=C(NC1CCN(Cc2ccc(Cl)s2)CC1)N1CCc2cc(-c3ccccc3)ccc21. The molecule has 1 saturated heterocycles. The maximum Gasteiger partial charge on any atom is 0.322 e. The van der Waals surface area contributed by atoms with Crippen molar-refractivity contribution in [3.8, 4) is 11.1 Å². The first-order valence-corrected chi connectivity index (χ1v) is 12.1. The van der Waals surface area contributed by atoms with E-state index in [0.717, 1.165) is 55.5 Å². The standard InChI is InChI=1S/C25H26ClN3OS/c26-24-9-7-22(31-24)17-28-13-11-21(12-14-28)27-25(30)29-15-10-20-16-19(6-8-23(20)29)18-4-2-1-3-5-18/h1-9,16,21H,10-15,17H2,(H,27,30). The van der Waals surface area contributed by atoms with Gasteiger partial charge < -0.3 is 5.32 Å². The number of nitrogens with one attached hydrogen (secondary N) is 1. The number of likely N-dealkylation sites (tertiary alicyclic amines) is 1. The van der Waals surface area contributed by atoms with Gasteiger partial charge in [-0.2, -0.15) is 0 Å². The second-order valence-electron chi connectivity index (χ2n) is 8.32. The lowest BCUT2D eigenvalue weighted by molar-refractivity contribution is 0.189. The van der Waals surface area contributed by atoms with Crippen LogP contribution < -0.4 is 10.2 Å². The minimum absolute atomic E-state index is 0.0368. The van der Waals surface area contributed by atoms with E-state index in [4.69, 9.17) is 11.6 Å². The molecular formula is C25H26ClN3OS. The third-order valence-electron chi connectivity index (χ3n) is 6.25. The van der Waals surface area contributed by atoms with Crippen molar-refractivity contribution < 1.29 is 4.79 Å². The third-order valence-corrected chi connectivity index (χ3v) is 7.47. The molecule has 5 rings (SSSR count). The average Bonchev–Trinajstić information content (AvgIpc) is 3.41. The van der Waals surface area contributed by atoms with E-state index < -0.39 is 0 Å². The topological polar surface area (TPSA) is 35.6 Å². The molecule has 2 aliphatic heterocycles. The zero-order valence-electron chi connectivity index (χ0n) is 17.4. The van der Waals surface area contributed by atoms with Crippen molar-refractivity contribution >= 4 is 34.7 Å². The zero-order chi connectivity index (χ0) is 21.2. The Kier molecular flexibility index (Phi) is 5.99. The molecule has 160 valence electrons. The molecule has 0 saturated carbocycles. The maximum atomic E-state index is 13.0. The Bertz CT molecular complexity index is 1060. The number of thiophene rings is 1. The lowest BCUT2D eigenvalue weighted by atomic mass is 10.0. The van der Waals surface area contributed by atoms with Crippen molar-refractivity contribution in [3.05, 3.63) is 75.4 Å². The third kappa shape index (κ3) is 4.64. The summed E-state index contributed by atoms with van der Waals surface area (Å²) >= 11 is 7.69. The molecule has 0 bridgehead atoms. The Hall–Kier alpha value is -2.34. The predicted octanol–water partition coefficient (Wildman–Crippen LogP) is 5.81. The predicted molar refractivity (Wildman–Crippen MR) is 129 cm³/mol. The molecule has 3 heterocycles. The summed E-state index contributed by atoms with van der Waals surface area (Å²) in [6.07, 6.45) is 2.88. The molecule has 0 atom stereocenters. The number of urea groups is 1. The number of piperidine rings is 1. The summed E-state index contributed by atoms with van der Waals surface area (Å²) in [4.78, 5) is 18.6. The van der Waals surface area contributed by atoms with E-state index in [0.29, 0.717) is 0 Å². The van der Waals surface area contributed by atoms with Gasteiger partial charge in [0.2, 0.25) is 0 Å². The Morgan fingerprint density at radius 3 is 2.55 bits per heavy atom. The molecule has 2 aromatic carbocycles. The summed E-state index contributed by atoms with van der Waals surface area (Å²) in [5.41, 5.74) is 4.72. The smallest absolute Gasteiger partial charge is 0.322 e. The minimum Gasteiger partial charge on any atom is -0.335 e. The van der Waals surface area contributed by atoms with Crippen molar-refractivity contribution in [1.82, 2.24) is 10.2 Å². The van der Waals surface area contributed by atoms with Crippen LogP contribution in [0.15, 0.2) is 60.7 Å². The van der Waals surface area contributed by atoms with Crippen LogP contribution in [0, 0.1) is 0 Å². The van der Waals surface area contributed by atoms with Crippen LogP contribution in [0.5, 0.6) is 0 Å². The second kappa shape index (κ2) is 9.03. The Morgan fingerprint density at radius 1 is 1.00 bits per heavy atom. The number of anilines is 1. The largest absolute Gasteiger partial charge is 0.335 e. The van der Waals surface area contributed by atoms with Gasteiger partial charge >= 0.3 is 6.03 Å². The minimum atomic E-state index is 0.0368. The second-order valence-corrected chi connectivity index (χ2v) is 10.1. The van der Waals surface area contributed by atoms with Gasteiger partial charge in [-0.3, -0.25) is 9.80 Å². The van der Waals surface area contributed by atoms with Gasteiger partial charge in [0.05, 0.1) is 4.34 Å². The van der Waals surface area contributed by atoms with Gasteiger partial charge in [0.1, 0.15) is 0 Å². The first-order chi connectivity index (χ1) is 15.2. The van der Waals surface area contributed by atoms with E-state index >= 15 is 0 Å². The number of rotatable bonds is 4. The maximum absolute atomic E-state index is 13.0. The average molecular weight is 452 g/mol. The Morgan fingerprint density at radius 2 is 1.81 bits per heavy atom. The van der Waals surface area contributed by atoms with Crippen LogP contribution in [-0.2, 0) is 13.0 Å². The molecule has 0 spiro atoms. The van der Waals surface area contributed by atoms with E-state index in [9.17, 15) is 4.79 Å². The lowest BCUT2D eigenvalue weighted by Gasteiger charge is -2.33. The van der Waals surface area contributed by atoms with Gasteiger partial charge in [-0.25, -0.2) is 4.79 Å². The van der Waals surface area contributed by atoms with Crippen LogP contribution in [0.2, 0.25) is 4.34 Å². The fourth-order valence-corrected chi connectivity index (χ4v) is 5.70. The van der Waals surface area contributed by atoms with Gasteiger partial charge in [-0.05, 0) is 60.2 Å². The highest BCUT2D eigenvalue weighted by Crippen LogP contribution is 2.32. The van der Waals surface area contributed by atoms with Gasteiger partial charge in [-0.15, -0.1) is 11.3 Å². The fraction of sp³-hybridized carbons (Fsp3) is 0.320. The lowest BCUT2D eigenvalue weighted by Crippen LogP contribution is -2.48. The molecule has 1 N–H and O–H groups in total. The molecule has 0 radical (unpaired) electrons. The highest BCUT2D eigenvalue weighted by molar-refractivity contribution is 7.16. The van der Waals surface area contributed by atoms with Gasteiger partial charge in [0.25, 0.3) is 0 Å². The van der Waals surface area contributed by atoms with Gasteiger partial charge in [0, 0.05) is 42.8 Å². The summed E-state index contributed by atoms with van der Waals surface area (Å²) in [5, 5.41) is 3.28. The molecule has 6 heteroatoms. The number of halogens is 1. The molecule has 1 aromatic heterocycles. The monoisotopic (exact) mass is 451 g/mol. The van der Waals surface area contributed by atoms with Crippen molar-refractivity contribution in [3.63, 3.8) is 0 Å². The number of fused-ring (bicyclic) bond motifs is 1. The highest BCUT2D eigenvalue weighted by atomic mass is 35.5. The number of carbonyl (C=O) groups excluding carboxylic acids is 1.